The molecule has 0 saturated carbocycles. The summed E-state index contributed by atoms with van der Waals surface area (Å²) in [7, 11) is 0. The Morgan fingerprint density at radius 1 is 1.50 bits per heavy atom. The molecule has 0 fully saturated rings. The molecule has 0 spiro atoms. The quantitative estimate of drug-likeness (QED) is 0.804. The summed E-state index contributed by atoms with van der Waals surface area (Å²) < 4.78 is 6.62. The molecular weight excluding hydrogens is 228 g/mol. The van der Waals surface area contributed by atoms with Crippen LogP contribution in [0.15, 0.2) is 23.1 Å². The lowest BCUT2D eigenvalue weighted by Crippen LogP contribution is -2.17. The minimum Gasteiger partial charge on any atom is -0.477 e. The van der Waals surface area contributed by atoms with Gasteiger partial charge in [-0.25, -0.2) is 0 Å². The number of aryl methyl sites for hydroxylation is 1. The third-order valence-electron chi connectivity index (χ3n) is 2.17. The second-order valence-corrected chi connectivity index (χ2v) is 3.78. The summed E-state index contributed by atoms with van der Waals surface area (Å²) in [4.78, 5) is 16.1. The monoisotopic (exact) mass is 238 g/mol. The standard InChI is InChI=1S/C11H11ClN2O2/c1-3-16-10-9(12)11(15)14-6-7(2)4-5-8(14)13-10/h4-6H,3H2,1-2H3. The second-order valence-electron chi connectivity index (χ2n) is 3.40. The Morgan fingerprint density at radius 2 is 2.25 bits per heavy atom. The number of fused-ring (bicyclic) bond motifs is 1. The zero-order valence-electron chi connectivity index (χ0n) is 9.03. The molecule has 2 heterocycles. The summed E-state index contributed by atoms with van der Waals surface area (Å²) in [5.41, 5.74) is 1.19. The normalized spacial score (nSPS) is 10.7. The minimum atomic E-state index is -0.307. The molecule has 4 nitrogen and oxygen atoms in total. The topological polar surface area (TPSA) is 43.6 Å². The molecule has 2 aromatic heterocycles. The fraction of sp³-hybridized carbons (Fsp3) is 0.273. The number of hydrogen-bond donors (Lipinski definition) is 0. The number of aromatic nitrogens is 2. The van der Waals surface area contributed by atoms with Crippen LogP contribution >= 0.6 is 11.6 Å². The van der Waals surface area contributed by atoms with Crippen LogP contribution in [0.3, 0.4) is 0 Å². The van der Waals surface area contributed by atoms with Gasteiger partial charge in [0.1, 0.15) is 5.65 Å². The van der Waals surface area contributed by atoms with Gasteiger partial charge in [-0.1, -0.05) is 17.7 Å². The first kappa shape index (κ1) is 11.0. The van der Waals surface area contributed by atoms with E-state index in [-0.39, 0.29) is 16.5 Å². The van der Waals surface area contributed by atoms with Crippen molar-refractivity contribution < 1.29 is 4.74 Å². The van der Waals surface area contributed by atoms with E-state index in [1.165, 1.54) is 4.40 Å². The van der Waals surface area contributed by atoms with E-state index < -0.39 is 0 Å². The van der Waals surface area contributed by atoms with Gasteiger partial charge in [0.25, 0.3) is 5.56 Å². The van der Waals surface area contributed by atoms with E-state index in [0.717, 1.165) is 5.56 Å². The van der Waals surface area contributed by atoms with Gasteiger partial charge in [-0.15, -0.1) is 0 Å². The van der Waals surface area contributed by atoms with Crippen LogP contribution in [0.4, 0.5) is 0 Å². The van der Waals surface area contributed by atoms with Gasteiger partial charge in [0.05, 0.1) is 6.61 Å². The van der Waals surface area contributed by atoms with Gasteiger partial charge in [0, 0.05) is 6.20 Å². The molecule has 0 atom stereocenters. The largest absolute Gasteiger partial charge is 0.477 e. The van der Waals surface area contributed by atoms with Crippen molar-refractivity contribution >= 4 is 17.2 Å². The van der Waals surface area contributed by atoms with Crippen molar-refractivity contribution in [3.05, 3.63) is 39.3 Å². The molecule has 2 aromatic rings. The maximum atomic E-state index is 11.9. The smallest absolute Gasteiger partial charge is 0.280 e. The molecule has 0 aliphatic carbocycles. The fourth-order valence-electron chi connectivity index (χ4n) is 1.44. The van der Waals surface area contributed by atoms with E-state index in [0.29, 0.717) is 12.3 Å². The number of nitrogens with zero attached hydrogens (tertiary/aromatic N) is 2. The Hall–Kier alpha value is -1.55. The number of pyridine rings is 1. The Labute approximate surface area is 97.5 Å². The molecule has 0 aromatic carbocycles. The van der Waals surface area contributed by atoms with Crippen molar-refractivity contribution in [1.29, 1.82) is 0 Å². The molecule has 16 heavy (non-hydrogen) atoms. The number of halogens is 1. The maximum Gasteiger partial charge on any atom is 0.280 e. The SMILES string of the molecule is CCOc1nc2ccc(C)cn2c(=O)c1Cl. The summed E-state index contributed by atoms with van der Waals surface area (Å²) in [6.07, 6.45) is 1.70. The van der Waals surface area contributed by atoms with E-state index in [9.17, 15) is 4.79 Å². The third-order valence-corrected chi connectivity index (χ3v) is 2.49. The number of rotatable bonds is 2. The van der Waals surface area contributed by atoms with E-state index in [2.05, 4.69) is 4.98 Å². The van der Waals surface area contributed by atoms with Crippen LogP contribution in [-0.2, 0) is 0 Å². The Balaban J connectivity index is 2.78. The predicted molar refractivity (Wildman–Crippen MR) is 62.4 cm³/mol. The highest BCUT2D eigenvalue weighted by atomic mass is 35.5. The summed E-state index contributed by atoms with van der Waals surface area (Å²) in [5, 5.41) is 0.0185. The molecule has 0 N–H and O–H groups in total. The first-order chi connectivity index (χ1) is 7.63. The van der Waals surface area contributed by atoms with Crippen molar-refractivity contribution in [3.8, 4) is 5.88 Å². The molecule has 0 radical (unpaired) electrons. The van der Waals surface area contributed by atoms with Gasteiger partial charge in [-0.2, -0.15) is 4.98 Å². The van der Waals surface area contributed by atoms with Crippen LogP contribution in [0.1, 0.15) is 12.5 Å². The lowest BCUT2D eigenvalue weighted by Gasteiger charge is -2.07. The highest BCUT2D eigenvalue weighted by Gasteiger charge is 2.11. The van der Waals surface area contributed by atoms with Crippen LogP contribution < -0.4 is 10.3 Å². The van der Waals surface area contributed by atoms with E-state index in [1.54, 1.807) is 12.3 Å². The first-order valence-corrected chi connectivity index (χ1v) is 5.32. The van der Waals surface area contributed by atoms with Gasteiger partial charge >= 0.3 is 0 Å². The van der Waals surface area contributed by atoms with Crippen molar-refractivity contribution in [3.63, 3.8) is 0 Å². The maximum absolute atomic E-state index is 11.9. The van der Waals surface area contributed by atoms with Crippen molar-refractivity contribution in [2.45, 2.75) is 13.8 Å². The Bertz CT molecular complexity index is 592. The third kappa shape index (κ3) is 1.76. The lowest BCUT2D eigenvalue weighted by molar-refractivity contribution is 0.327. The molecule has 0 aliphatic rings. The minimum absolute atomic E-state index is 0.0185. The highest BCUT2D eigenvalue weighted by molar-refractivity contribution is 6.31. The predicted octanol–water partition coefficient (Wildman–Crippen LogP) is 2.06. The molecule has 5 heteroatoms. The van der Waals surface area contributed by atoms with E-state index in [1.807, 2.05) is 19.9 Å². The lowest BCUT2D eigenvalue weighted by atomic mass is 10.3. The van der Waals surface area contributed by atoms with E-state index in [4.69, 9.17) is 16.3 Å². The van der Waals surface area contributed by atoms with E-state index >= 15 is 0 Å². The van der Waals surface area contributed by atoms with Crippen molar-refractivity contribution in [2.24, 2.45) is 0 Å². The van der Waals surface area contributed by atoms with Gasteiger partial charge < -0.3 is 4.74 Å². The molecular formula is C11H11ClN2O2. The summed E-state index contributed by atoms with van der Waals surface area (Å²) >= 11 is 5.88. The Morgan fingerprint density at radius 3 is 2.94 bits per heavy atom. The van der Waals surface area contributed by atoms with Crippen LogP contribution in [0.5, 0.6) is 5.88 Å². The van der Waals surface area contributed by atoms with Crippen molar-refractivity contribution in [1.82, 2.24) is 9.38 Å². The Kier molecular flexibility index (Phi) is 2.83. The van der Waals surface area contributed by atoms with Crippen LogP contribution in [0.2, 0.25) is 5.02 Å². The van der Waals surface area contributed by atoms with Crippen LogP contribution in [0, 0.1) is 6.92 Å². The second kappa shape index (κ2) is 4.14. The number of ether oxygens (including phenoxy) is 1. The first-order valence-electron chi connectivity index (χ1n) is 4.94. The van der Waals surface area contributed by atoms with Crippen molar-refractivity contribution in [2.75, 3.05) is 6.61 Å². The molecule has 84 valence electrons. The van der Waals surface area contributed by atoms with Gasteiger partial charge in [0.2, 0.25) is 5.88 Å². The van der Waals surface area contributed by atoms with Crippen LogP contribution in [-0.4, -0.2) is 16.0 Å². The average Bonchev–Trinajstić information content (AvgIpc) is 2.27. The molecule has 0 saturated heterocycles. The van der Waals surface area contributed by atoms with Crippen LogP contribution in [0.25, 0.3) is 5.65 Å². The van der Waals surface area contributed by atoms with Gasteiger partial charge in [0.15, 0.2) is 5.02 Å². The number of hydrogen-bond acceptors (Lipinski definition) is 3. The summed E-state index contributed by atoms with van der Waals surface area (Å²) in [6, 6.07) is 3.64. The zero-order chi connectivity index (χ0) is 11.7. The fourth-order valence-corrected chi connectivity index (χ4v) is 1.62. The average molecular weight is 239 g/mol. The summed E-state index contributed by atoms with van der Waals surface area (Å²) in [6.45, 7) is 4.14. The molecule has 0 aliphatic heterocycles. The molecule has 0 bridgehead atoms. The van der Waals surface area contributed by atoms with Gasteiger partial charge in [-0.05, 0) is 25.5 Å². The summed E-state index contributed by atoms with van der Waals surface area (Å²) in [5.74, 6) is 0.193. The van der Waals surface area contributed by atoms with Gasteiger partial charge in [-0.3, -0.25) is 9.20 Å². The molecule has 0 unspecified atom stereocenters. The zero-order valence-corrected chi connectivity index (χ0v) is 9.78. The molecule has 0 amide bonds. The molecule has 2 rings (SSSR count). The highest BCUT2D eigenvalue weighted by Crippen LogP contribution is 2.18.